The molecule has 2 rings (SSSR count). The van der Waals surface area contributed by atoms with E-state index in [9.17, 15) is 18.1 Å². The van der Waals surface area contributed by atoms with Crippen LogP contribution in [0.4, 0.5) is 11.4 Å². The van der Waals surface area contributed by atoms with Crippen LogP contribution >= 0.6 is 0 Å². The highest BCUT2D eigenvalue weighted by atomic mass is 32.2. The zero-order valence-electron chi connectivity index (χ0n) is 15.3. The minimum absolute atomic E-state index is 0.0374. The van der Waals surface area contributed by atoms with Gasteiger partial charge >= 0.3 is 0 Å². The minimum Gasteiger partial charge on any atom is -0.383 e. The quantitative estimate of drug-likeness (QED) is 0.536. The summed E-state index contributed by atoms with van der Waals surface area (Å²) < 4.78 is 24.5. The van der Waals surface area contributed by atoms with E-state index in [-0.39, 0.29) is 35.1 Å². The molecule has 1 heterocycles. The Hall–Kier alpha value is -2.47. The lowest BCUT2D eigenvalue weighted by atomic mass is 9.96. The van der Waals surface area contributed by atoms with Gasteiger partial charge in [0.1, 0.15) is 5.69 Å². The second kappa shape index (κ2) is 9.46. The number of sulfone groups is 1. The number of hydrogen-bond donors (Lipinski definition) is 1. The summed E-state index contributed by atoms with van der Waals surface area (Å²) in [6, 6.07) is 6.20. The first-order valence-electron chi connectivity index (χ1n) is 8.94. The molecule has 1 fully saturated rings. The Balaban J connectivity index is 1.99. The molecular formula is C18H24N4O4S. The largest absolute Gasteiger partial charge is 0.383 e. The van der Waals surface area contributed by atoms with Gasteiger partial charge in [-0.25, -0.2) is 8.42 Å². The number of benzene rings is 1. The molecule has 0 spiro atoms. The summed E-state index contributed by atoms with van der Waals surface area (Å²) in [7, 11) is -3.55. The summed E-state index contributed by atoms with van der Waals surface area (Å²) in [4.78, 5) is 24.4. The molecule has 0 bridgehead atoms. The fourth-order valence-electron chi connectivity index (χ4n) is 3.10. The Morgan fingerprint density at radius 3 is 2.67 bits per heavy atom. The van der Waals surface area contributed by atoms with Gasteiger partial charge in [0.25, 0.3) is 0 Å². The lowest BCUT2D eigenvalue weighted by Gasteiger charge is -2.31. The monoisotopic (exact) mass is 392 g/mol. The second-order valence-corrected chi connectivity index (χ2v) is 8.79. The van der Waals surface area contributed by atoms with Gasteiger partial charge in [-0.05, 0) is 48.6 Å². The molecule has 0 aliphatic carbocycles. The summed E-state index contributed by atoms with van der Waals surface area (Å²) >= 11 is 0. The third-order valence-electron chi connectivity index (χ3n) is 4.77. The number of piperidine rings is 1. The number of carbonyl (C=O) groups is 1. The van der Waals surface area contributed by atoms with Gasteiger partial charge in [-0.2, -0.15) is 5.26 Å². The van der Waals surface area contributed by atoms with Gasteiger partial charge in [0.2, 0.25) is 5.91 Å². The van der Waals surface area contributed by atoms with E-state index in [4.69, 9.17) is 5.26 Å². The molecule has 27 heavy (non-hydrogen) atoms. The Morgan fingerprint density at radius 1 is 1.37 bits per heavy atom. The van der Waals surface area contributed by atoms with Crippen LogP contribution in [-0.2, 0) is 14.6 Å². The van der Waals surface area contributed by atoms with Crippen LogP contribution in [-0.4, -0.2) is 44.6 Å². The van der Waals surface area contributed by atoms with E-state index in [0.717, 1.165) is 25.9 Å². The Morgan fingerprint density at radius 2 is 2.07 bits per heavy atom. The molecule has 1 aromatic rings. The molecule has 146 valence electrons. The van der Waals surface area contributed by atoms with Gasteiger partial charge < -0.3 is 10.2 Å². The second-order valence-electron chi connectivity index (χ2n) is 6.68. The summed E-state index contributed by atoms with van der Waals surface area (Å²) in [6.07, 6.45) is 2.17. The van der Waals surface area contributed by atoms with Crippen molar-refractivity contribution < 1.29 is 13.2 Å². The van der Waals surface area contributed by atoms with E-state index in [0.29, 0.717) is 18.2 Å². The molecule has 1 aliphatic heterocycles. The first-order chi connectivity index (χ1) is 12.9. The highest BCUT2D eigenvalue weighted by molar-refractivity contribution is 7.91. The van der Waals surface area contributed by atoms with Crippen molar-refractivity contribution in [3.63, 3.8) is 0 Å². The van der Waals surface area contributed by atoms with Gasteiger partial charge in [-0.3, -0.25) is 4.79 Å². The topological polar surface area (TPSA) is 120 Å². The lowest BCUT2D eigenvalue weighted by molar-refractivity contribution is -0.130. The van der Waals surface area contributed by atoms with Crippen LogP contribution in [0.3, 0.4) is 0 Å². The first kappa shape index (κ1) is 20.8. The van der Waals surface area contributed by atoms with Gasteiger partial charge in [0.05, 0.1) is 22.4 Å². The van der Waals surface area contributed by atoms with E-state index in [1.54, 1.807) is 13.0 Å². The number of amides is 1. The highest BCUT2D eigenvalue weighted by Crippen LogP contribution is 2.29. The number of hydrogen-bond acceptors (Lipinski definition) is 7. The summed E-state index contributed by atoms with van der Waals surface area (Å²) in [5, 5.41) is 14.7. The van der Waals surface area contributed by atoms with Crippen molar-refractivity contribution in [2.24, 2.45) is 11.1 Å². The van der Waals surface area contributed by atoms with Crippen LogP contribution in [0.25, 0.3) is 0 Å². The molecule has 1 amide bonds. The average molecular weight is 392 g/mol. The summed E-state index contributed by atoms with van der Waals surface area (Å²) in [5.74, 6) is 0.315. The molecule has 0 aromatic heterocycles. The maximum Gasteiger partial charge on any atom is 0.219 e. The predicted octanol–water partition coefficient (Wildman–Crippen LogP) is 2.83. The van der Waals surface area contributed by atoms with Gasteiger partial charge in [-0.15, -0.1) is 4.91 Å². The normalized spacial score (nSPS) is 15.2. The van der Waals surface area contributed by atoms with Crippen LogP contribution < -0.4 is 5.32 Å². The molecule has 1 aromatic carbocycles. The number of nitrogens with one attached hydrogen (secondary N) is 1. The third kappa shape index (κ3) is 5.76. The van der Waals surface area contributed by atoms with Crippen LogP contribution in [0.1, 0.15) is 32.6 Å². The molecule has 0 unspecified atom stereocenters. The average Bonchev–Trinajstić information content (AvgIpc) is 2.66. The highest BCUT2D eigenvalue weighted by Gasteiger charge is 2.21. The van der Waals surface area contributed by atoms with Gasteiger partial charge in [-0.1, -0.05) is 0 Å². The smallest absolute Gasteiger partial charge is 0.219 e. The van der Waals surface area contributed by atoms with Crippen molar-refractivity contribution in [1.29, 1.82) is 5.26 Å². The SMILES string of the molecule is CC(=O)N1CCC(CNc2ccc(S(=O)(=O)CCCC#N)cc2N=O)CC1. The van der Waals surface area contributed by atoms with E-state index >= 15 is 0 Å². The number of likely N-dealkylation sites (tertiary alicyclic amines) is 1. The molecule has 9 heteroatoms. The molecule has 1 N–H and O–H groups in total. The summed E-state index contributed by atoms with van der Waals surface area (Å²) in [6.45, 7) is 3.64. The molecule has 1 aliphatic rings. The van der Waals surface area contributed by atoms with Crippen LogP contribution in [0, 0.1) is 22.2 Å². The maximum atomic E-state index is 12.3. The Kier molecular flexibility index (Phi) is 7.30. The number of unbranched alkanes of at least 4 members (excludes halogenated alkanes) is 1. The van der Waals surface area contributed by atoms with Crippen molar-refractivity contribution in [2.45, 2.75) is 37.5 Å². The van der Waals surface area contributed by atoms with Crippen LogP contribution in [0.5, 0.6) is 0 Å². The van der Waals surface area contributed by atoms with Gasteiger partial charge in [0, 0.05) is 33.0 Å². The van der Waals surface area contributed by atoms with Crippen molar-refractivity contribution in [1.82, 2.24) is 4.90 Å². The van der Waals surface area contributed by atoms with Crippen molar-refractivity contribution in [3.05, 3.63) is 23.1 Å². The fraction of sp³-hybridized carbons (Fsp3) is 0.556. The standard InChI is InChI=1S/C18H24N4O4S/c1-14(23)22-9-6-15(7-10-22)13-20-17-5-4-16(12-18(17)21-24)27(25,26)11-3-2-8-19/h4-5,12,15,20H,2-3,6-7,9-11,13H2,1H3. The predicted molar refractivity (Wildman–Crippen MR) is 102 cm³/mol. The molecule has 0 saturated carbocycles. The van der Waals surface area contributed by atoms with E-state index in [1.165, 1.54) is 12.1 Å². The lowest BCUT2D eigenvalue weighted by Crippen LogP contribution is -2.38. The molecular weight excluding hydrogens is 368 g/mol. The van der Waals surface area contributed by atoms with Crippen molar-refractivity contribution in [2.75, 3.05) is 30.7 Å². The number of carbonyl (C=O) groups excluding carboxylic acids is 1. The Labute approximate surface area is 159 Å². The summed E-state index contributed by atoms with van der Waals surface area (Å²) in [5.41, 5.74) is 0.549. The number of nitrogens with zero attached hydrogens (tertiary/aromatic N) is 3. The van der Waals surface area contributed by atoms with Crippen LogP contribution in [0.2, 0.25) is 0 Å². The van der Waals surface area contributed by atoms with Gasteiger partial charge in [0.15, 0.2) is 9.84 Å². The molecule has 8 nitrogen and oxygen atoms in total. The first-order valence-corrected chi connectivity index (χ1v) is 10.6. The van der Waals surface area contributed by atoms with E-state index in [1.807, 2.05) is 11.0 Å². The number of anilines is 1. The zero-order valence-corrected chi connectivity index (χ0v) is 16.2. The Bertz CT molecular complexity index is 824. The minimum atomic E-state index is -3.55. The number of rotatable bonds is 8. The van der Waals surface area contributed by atoms with Crippen LogP contribution in [0.15, 0.2) is 28.3 Å². The zero-order chi connectivity index (χ0) is 19.9. The fourth-order valence-corrected chi connectivity index (χ4v) is 4.42. The number of nitriles is 1. The van der Waals surface area contributed by atoms with E-state index in [2.05, 4.69) is 10.5 Å². The molecule has 1 saturated heterocycles. The third-order valence-corrected chi connectivity index (χ3v) is 6.57. The molecule has 0 radical (unpaired) electrons. The molecule has 0 atom stereocenters. The van der Waals surface area contributed by atoms with Crippen molar-refractivity contribution in [3.8, 4) is 6.07 Å². The van der Waals surface area contributed by atoms with E-state index < -0.39 is 9.84 Å². The maximum absolute atomic E-state index is 12.3. The number of nitroso groups, excluding NO2 is 1. The van der Waals surface area contributed by atoms with Crippen molar-refractivity contribution >= 4 is 27.1 Å².